The second kappa shape index (κ2) is 5.46. The van der Waals surface area contributed by atoms with Crippen LogP contribution in [0.25, 0.3) is 0 Å². The number of amides is 1. The van der Waals surface area contributed by atoms with E-state index in [1.165, 1.54) is 0 Å². The minimum absolute atomic E-state index is 0.283. The van der Waals surface area contributed by atoms with Crippen molar-refractivity contribution in [1.82, 2.24) is 0 Å². The minimum Gasteiger partial charge on any atom is -0.483 e. The van der Waals surface area contributed by atoms with Gasteiger partial charge in [0.05, 0.1) is 0 Å². The fourth-order valence-corrected chi connectivity index (χ4v) is 1.42. The van der Waals surface area contributed by atoms with Crippen LogP contribution in [0.15, 0.2) is 24.3 Å². The predicted molar refractivity (Wildman–Crippen MR) is 66.5 cm³/mol. The summed E-state index contributed by atoms with van der Waals surface area (Å²) in [6.45, 7) is 1.93. The monoisotopic (exact) mass is 238 g/mol. The molecular formula is C11H14N2O2S. The Morgan fingerprint density at radius 2 is 1.94 bits per heavy atom. The van der Waals surface area contributed by atoms with Crippen molar-refractivity contribution in [2.24, 2.45) is 11.5 Å². The summed E-state index contributed by atoms with van der Waals surface area (Å²) in [6.07, 6.45) is 0.418. The molecular weight excluding hydrogens is 224 g/mol. The molecule has 1 unspecified atom stereocenters. The van der Waals surface area contributed by atoms with Crippen molar-refractivity contribution in [2.75, 3.05) is 0 Å². The first-order valence-electron chi connectivity index (χ1n) is 4.90. The number of thiocarbonyl (C=S) groups is 1. The molecule has 0 aliphatic carbocycles. The highest BCUT2D eigenvalue weighted by atomic mass is 32.1. The molecule has 0 heterocycles. The topological polar surface area (TPSA) is 78.3 Å². The number of hydrogen-bond donors (Lipinski definition) is 2. The van der Waals surface area contributed by atoms with E-state index >= 15 is 0 Å². The van der Waals surface area contributed by atoms with Crippen LogP contribution in [0, 0.1) is 0 Å². The highest BCUT2D eigenvalue weighted by Gasteiger charge is 2.11. The summed E-state index contributed by atoms with van der Waals surface area (Å²) in [5, 5.41) is 0. The van der Waals surface area contributed by atoms with Gasteiger partial charge in [0.15, 0.2) is 0 Å². The number of benzene rings is 1. The standard InChI is InChI=1S/C11H14N2O2S/c1-2-9(11(13)16)15-8-5-3-7(4-6-8)10(12)14/h3-6,9H,2H2,1H3,(H2,12,14)(H2,13,16). The zero-order valence-electron chi connectivity index (χ0n) is 8.97. The lowest BCUT2D eigenvalue weighted by atomic mass is 10.2. The summed E-state index contributed by atoms with van der Waals surface area (Å²) in [4.78, 5) is 11.2. The molecule has 0 bridgehead atoms. The molecule has 5 heteroatoms. The molecule has 0 aliphatic heterocycles. The van der Waals surface area contributed by atoms with Gasteiger partial charge in [-0.15, -0.1) is 0 Å². The SMILES string of the molecule is CCC(Oc1ccc(C(N)=O)cc1)C(N)=S. The van der Waals surface area contributed by atoms with Crippen molar-refractivity contribution >= 4 is 23.1 Å². The average Bonchev–Trinajstić information content (AvgIpc) is 2.26. The average molecular weight is 238 g/mol. The Morgan fingerprint density at radius 1 is 1.38 bits per heavy atom. The van der Waals surface area contributed by atoms with Gasteiger partial charge >= 0.3 is 0 Å². The van der Waals surface area contributed by atoms with E-state index in [1.807, 2.05) is 6.92 Å². The highest BCUT2D eigenvalue weighted by molar-refractivity contribution is 7.80. The first-order valence-corrected chi connectivity index (χ1v) is 5.31. The second-order valence-electron chi connectivity index (χ2n) is 3.31. The van der Waals surface area contributed by atoms with Gasteiger partial charge in [-0.25, -0.2) is 0 Å². The van der Waals surface area contributed by atoms with E-state index in [-0.39, 0.29) is 6.10 Å². The minimum atomic E-state index is -0.465. The maximum absolute atomic E-state index is 10.8. The van der Waals surface area contributed by atoms with Crippen molar-refractivity contribution in [1.29, 1.82) is 0 Å². The third-order valence-electron chi connectivity index (χ3n) is 2.11. The number of carbonyl (C=O) groups excluding carboxylic acids is 1. The second-order valence-corrected chi connectivity index (χ2v) is 3.78. The van der Waals surface area contributed by atoms with Crippen LogP contribution in [0.5, 0.6) is 5.75 Å². The molecule has 0 saturated heterocycles. The fourth-order valence-electron chi connectivity index (χ4n) is 1.20. The third-order valence-corrected chi connectivity index (χ3v) is 2.37. The van der Waals surface area contributed by atoms with Crippen LogP contribution >= 0.6 is 12.2 Å². The number of ether oxygens (including phenoxy) is 1. The Balaban J connectivity index is 2.75. The number of nitrogens with two attached hydrogens (primary N) is 2. The Morgan fingerprint density at radius 3 is 2.31 bits per heavy atom. The van der Waals surface area contributed by atoms with E-state index in [9.17, 15) is 4.79 Å². The Bertz CT molecular complexity index is 389. The summed E-state index contributed by atoms with van der Waals surface area (Å²) in [5.41, 5.74) is 11.1. The van der Waals surface area contributed by atoms with Gasteiger partial charge in [-0.1, -0.05) is 19.1 Å². The number of hydrogen-bond acceptors (Lipinski definition) is 3. The Labute approximate surface area is 99.6 Å². The molecule has 0 aromatic heterocycles. The molecule has 1 aromatic carbocycles. The van der Waals surface area contributed by atoms with E-state index in [1.54, 1.807) is 24.3 Å². The molecule has 4 N–H and O–H groups in total. The molecule has 0 spiro atoms. The third kappa shape index (κ3) is 3.20. The first kappa shape index (κ1) is 12.4. The van der Waals surface area contributed by atoms with Gasteiger partial charge in [-0.2, -0.15) is 0 Å². The van der Waals surface area contributed by atoms with Crippen LogP contribution in [0.1, 0.15) is 23.7 Å². The Kier molecular flexibility index (Phi) is 4.25. The van der Waals surface area contributed by atoms with Crippen molar-refractivity contribution in [3.63, 3.8) is 0 Å². The van der Waals surface area contributed by atoms with Crippen LogP contribution in [0.4, 0.5) is 0 Å². The van der Waals surface area contributed by atoms with E-state index in [0.29, 0.717) is 22.7 Å². The Hall–Kier alpha value is -1.62. The van der Waals surface area contributed by atoms with Gasteiger partial charge in [0.2, 0.25) is 5.91 Å². The van der Waals surface area contributed by atoms with Gasteiger partial charge in [0.1, 0.15) is 16.8 Å². The molecule has 1 amide bonds. The molecule has 0 saturated carbocycles. The highest BCUT2D eigenvalue weighted by Crippen LogP contribution is 2.14. The predicted octanol–water partition coefficient (Wildman–Crippen LogP) is 1.23. The smallest absolute Gasteiger partial charge is 0.248 e. The molecule has 16 heavy (non-hydrogen) atoms. The lowest BCUT2D eigenvalue weighted by Gasteiger charge is -2.15. The maximum atomic E-state index is 10.8. The number of carbonyl (C=O) groups is 1. The molecule has 0 radical (unpaired) electrons. The quantitative estimate of drug-likeness (QED) is 0.756. The summed E-state index contributed by atoms with van der Waals surface area (Å²) in [6, 6.07) is 6.54. The lowest BCUT2D eigenvalue weighted by molar-refractivity contribution is 0.100. The van der Waals surface area contributed by atoms with Crippen molar-refractivity contribution < 1.29 is 9.53 Å². The summed E-state index contributed by atoms with van der Waals surface area (Å²) in [7, 11) is 0. The van der Waals surface area contributed by atoms with E-state index in [0.717, 1.165) is 0 Å². The summed E-state index contributed by atoms with van der Waals surface area (Å²) in [5.74, 6) is 0.151. The van der Waals surface area contributed by atoms with Gasteiger partial charge in [-0.05, 0) is 30.7 Å². The molecule has 1 aromatic rings. The van der Waals surface area contributed by atoms with Crippen LogP contribution in [0.3, 0.4) is 0 Å². The van der Waals surface area contributed by atoms with E-state index in [4.69, 9.17) is 28.4 Å². The fraction of sp³-hybridized carbons (Fsp3) is 0.273. The first-order chi connectivity index (χ1) is 7.54. The molecule has 1 rings (SSSR count). The number of rotatable bonds is 5. The van der Waals surface area contributed by atoms with Crippen LogP contribution < -0.4 is 16.2 Å². The van der Waals surface area contributed by atoms with Crippen molar-refractivity contribution in [3.8, 4) is 5.75 Å². The molecule has 4 nitrogen and oxygen atoms in total. The van der Waals surface area contributed by atoms with Gasteiger partial charge in [0.25, 0.3) is 0 Å². The largest absolute Gasteiger partial charge is 0.483 e. The van der Waals surface area contributed by atoms with Crippen LogP contribution in [0.2, 0.25) is 0 Å². The van der Waals surface area contributed by atoms with Crippen molar-refractivity contribution in [3.05, 3.63) is 29.8 Å². The molecule has 0 aliphatic rings. The van der Waals surface area contributed by atoms with Crippen LogP contribution in [-0.4, -0.2) is 17.0 Å². The van der Waals surface area contributed by atoms with Gasteiger partial charge < -0.3 is 16.2 Å². The zero-order valence-corrected chi connectivity index (χ0v) is 9.79. The van der Waals surface area contributed by atoms with Crippen LogP contribution in [-0.2, 0) is 0 Å². The summed E-state index contributed by atoms with van der Waals surface area (Å²) >= 11 is 4.86. The molecule has 86 valence electrons. The normalized spacial score (nSPS) is 11.8. The van der Waals surface area contributed by atoms with E-state index in [2.05, 4.69) is 0 Å². The molecule has 0 fully saturated rings. The zero-order chi connectivity index (χ0) is 12.1. The maximum Gasteiger partial charge on any atom is 0.248 e. The van der Waals surface area contributed by atoms with Gasteiger partial charge in [-0.3, -0.25) is 4.79 Å². The van der Waals surface area contributed by atoms with Gasteiger partial charge in [0, 0.05) is 5.56 Å². The van der Waals surface area contributed by atoms with Crippen molar-refractivity contribution in [2.45, 2.75) is 19.4 Å². The lowest BCUT2D eigenvalue weighted by Crippen LogP contribution is -2.31. The summed E-state index contributed by atoms with van der Waals surface area (Å²) < 4.78 is 5.54. The molecule has 1 atom stereocenters. The van der Waals surface area contributed by atoms with E-state index < -0.39 is 5.91 Å². The number of primary amides is 1.